The Morgan fingerprint density at radius 1 is 1.20 bits per heavy atom. The number of allylic oxidation sites excluding steroid dienone is 3. The van der Waals surface area contributed by atoms with Gasteiger partial charge in [-0.1, -0.05) is 72.3 Å². The number of unbranched alkanes of at least 4 members (excludes halogenated alkanes) is 4. The summed E-state index contributed by atoms with van der Waals surface area (Å²) < 4.78 is 13.2. The number of aliphatic hydroxyl groups is 1. The lowest BCUT2D eigenvalue weighted by molar-refractivity contribution is 0.00329. The Morgan fingerprint density at radius 3 is 2.59 bits per heavy atom. The van der Waals surface area contributed by atoms with Crippen molar-refractivity contribution in [2.45, 2.75) is 111 Å². The molecule has 1 aliphatic carbocycles. The maximum absolute atomic E-state index is 9.84. The van der Waals surface area contributed by atoms with Crippen molar-refractivity contribution in [3.8, 4) is 6.01 Å². The molecule has 0 amide bonds. The number of rotatable bonds is 15. The van der Waals surface area contributed by atoms with Gasteiger partial charge in [-0.3, -0.25) is 4.99 Å². The fourth-order valence-corrected chi connectivity index (χ4v) is 5.91. The first kappa shape index (κ1) is 35.8. The molecule has 0 saturated carbocycles. The Hall–Kier alpha value is -1.42. The van der Waals surface area contributed by atoms with Crippen LogP contribution in [-0.2, 0) is 4.74 Å². The average Bonchev–Trinajstić information content (AvgIpc) is 2.97. The molecule has 232 valence electrons. The molecule has 0 radical (unpaired) electrons. The predicted molar refractivity (Wildman–Crippen MR) is 181 cm³/mol. The van der Waals surface area contributed by atoms with Gasteiger partial charge < -0.3 is 19.5 Å². The molecule has 41 heavy (non-hydrogen) atoms. The summed E-state index contributed by atoms with van der Waals surface area (Å²) in [7, 11) is 0. The van der Waals surface area contributed by atoms with E-state index >= 15 is 0 Å². The van der Waals surface area contributed by atoms with E-state index in [1.165, 1.54) is 38.5 Å². The molecule has 7 nitrogen and oxygen atoms in total. The van der Waals surface area contributed by atoms with Crippen molar-refractivity contribution in [3.63, 3.8) is 0 Å². The summed E-state index contributed by atoms with van der Waals surface area (Å²) in [4.78, 5) is 17.2. The number of nitrogens with zero attached hydrogens (tertiary/aromatic N) is 4. The quantitative estimate of drug-likeness (QED) is 0.195. The van der Waals surface area contributed by atoms with Gasteiger partial charge in [0.05, 0.1) is 42.9 Å². The van der Waals surface area contributed by atoms with E-state index in [-0.39, 0.29) is 37.7 Å². The molecule has 3 unspecified atom stereocenters. The molecule has 3 atom stereocenters. The van der Waals surface area contributed by atoms with Gasteiger partial charge in [-0.05, 0) is 55.1 Å². The highest BCUT2D eigenvalue weighted by Gasteiger charge is 2.32. The third kappa shape index (κ3) is 9.80. The van der Waals surface area contributed by atoms with E-state index in [2.05, 4.69) is 61.5 Å². The molecule has 1 N–H and O–H groups in total. The number of aliphatic hydroxyl groups excluding tert-OH is 1. The van der Waals surface area contributed by atoms with Gasteiger partial charge in [-0.2, -0.15) is 23.5 Å². The summed E-state index contributed by atoms with van der Waals surface area (Å²) >= 11 is 3.79. The number of anilines is 1. The van der Waals surface area contributed by atoms with E-state index in [0.29, 0.717) is 32.3 Å². The van der Waals surface area contributed by atoms with Crippen LogP contribution in [0.25, 0.3) is 11.6 Å². The van der Waals surface area contributed by atoms with Crippen LogP contribution in [0.3, 0.4) is 0 Å². The highest BCUT2D eigenvalue weighted by molar-refractivity contribution is 9.12. The van der Waals surface area contributed by atoms with Crippen LogP contribution in [0, 0.1) is 5.41 Å². The van der Waals surface area contributed by atoms with E-state index < -0.39 is 0 Å². The maximum Gasteiger partial charge on any atom is 0.318 e. The topological polar surface area (TPSA) is 80.1 Å². The Bertz CT molecular complexity index is 1060. The number of hydrogen-bond acceptors (Lipinski definition) is 7. The van der Waals surface area contributed by atoms with Crippen LogP contribution in [0.1, 0.15) is 111 Å². The predicted octanol–water partition coefficient (Wildman–Crippen LogP) is 7.72. The minimum Gasteiger partial charge on any atom is -0.463 e. The minimum absolute atomic E-state index is 0. The van der Waals surface area contributed by atoms with Gasteiger partial charge in [0, 0.05) is 34.6 Å². The van der Waals surface area contributed by atoms with Gasteiger partial charge in [0.15, 0.2) is 0 Å². The molecule has 1 aliphatic heterocycles. The Balaban J connectivity index is 0.00000588. The van der Waals surface area contributed by atoms with Crippen LogP contribution in [0.4, 0.5) is 5.82 Å². The summed E-state index contributed by atoms with van der Waals surface area (Å²) in [5.41, 5.74) is 3.82. The molecule has 0 bridgehead atoms. The van der Waals surface area contributed by atoms with E-state index in [0.717, 1.165) is 52.1 Å². The number of aromatic nitrogens is 2. The van der Waals surface area contributed by atoms with E-state index in [9.17, 15) is 5.11 Å². The number of aliphatic imine (C=N–C) groups is 1. The number of fused-ring (bicyclic) bond motifs is 1. The molecule has 2 heterocycles. The van der Waals surface area contributed by atoms with Crippen molar-refractivity contribution >= 4 is 52.6 Å². The third-order valence-electron chi connectivity index (χ3n) is 8.10. The largest absolute Gasteiger partial charge is 0.463 e. The highest BCUT2D eigenvalue weighted by atomic mass is 79.9. The molecule has 3 rings (SSSR count). The summed E-state index contributed by atoms with van der Waals surface area (Å²) in [5.74, 6) is 0.821. The third-order valence-corrected chi connectivity index (χ3v) is 8.70. The van der Waals surface area contributed by atoms with Gasteiger partial charge in [0.1, 0.15) is 5.82 Å². The lowest BCUT2D eigenvalue weighted by Gasteiger charge is -2.35. The summed E-state index contributed by atoms with van der Waals surface area (Å²) in [5, 5.41) is 9.84. The Labute approximate surface area is 263 Å². The smallest absolute Gasteiger partial charge is 0.318 e. The summed E-state index contributed by atoms with van der Waals surface area (Å²) in [6, 6.07) is 0.603. The fourth-order valence-electron chi connectivity index (χ4n) is 5.37. The number of ether oxygens (including phenoxy) is 2. The van der Waals surface area contributed by atoms with Crippen LogP contribution < -0.4 is 9.64 Å². The van der Waals surface area contributed by atoms with Gasteiger partial charge >= 0.3 is 6.01 Å². The molecular formula is C32H53BrN4O3S. The normalized spacial score (nSPS) is 21.2. The zero-order valence-corrected chi connectivity index (χ0v) is 28.7. The number of morpholine rings is 1. The van der Waals surface area contributed by atoms with Crippen LogP contribution >= 0.6 is 29.4 Å². The zero-order valence-electron chi connectivity index (χ0n) is 26.1. The average molecular weight is 654 g/mol. The zero-order chi connectivity index (χ0) is 29.1. The first-order valence-corrected chi connectivity index (χ1v) is 16.2. The molecule has 1 fully saturated rings. The summed E-state index contributed by atoms with van der Waals surface area (Å²) in [6.45, 7) is 15.5. The Morgan fingerprint density at radius 2 is 1.93 bits per heavy atom. The van der Waals surface area contributed by atoms with Crippen molar-refractivity contribution in [2.75, 3.05) is 37.8 Å². The van der Waals surface area contributed by atoms with Crippen molar-refractivity contribution in [2.24, 2.45) is 10.4 Å². The molecule has 0 aromatic carbocycles. The first-order valence-electron chi connectivity index (χ1n) is 15.4. The number of halogens is 1. The summed E-state index contributed by atoms with van der Waals surface area (Å²) in [6.07, 6.45) is 14.5. The van der Waals surface area contributed by atoms with E-state index in [1.807, 2.05) is 13.0 Å². The minimum atomic E-state index is -0.252. The maximum atomic E-state index is 9.84. The van der Waals surface area contributed by atoms with Gasteiger partial charge in [-0.15, -0.1) is 0 Å². The van der Waals surface area contributed by atoms with Gasteiger partial charge in [0.2, 0.25) is 0 Å². The molecule has 2 aliphatic rings. The molecule has 1 saturated heterocycles. The molecule has 0 spiro atoms. The number of hydrogen-bond donors (Lipinski definition) is 1. The molecule has 9 heteroatoms. The second-order valence-corrected chi connectivity index (χ2v) is 12.5. The van der Waals surface area contributed by atoms with Crippen molar-refractivity contribution in [1.82, 2.24) is 9.97 Å². The Kier molecular flexibility index (Phi) is 15.4. The lowest BCUT2D eigenvalue weighted by atomic mass is 9.81. The van der Waals surface area contributed by atoms with Crippen LogP contribution in [0.15, 0.2) is 15.6 Å². The monoisotopic (exact) mass is 652 g/mol. The van der Waals surface area contributed by atoms with Crippen molar-refractivity contribution in [3.05, 3.63) is 21.8 Å². The SMILES string of the molecule is C/C=C1\C(=NC(C)CC)C(Br)=Cc2nc(OCC(C)(CCCC)CCCCCC)nc(N3CCOC(CO)C3)c21.S. The molecule has 1 aromatic rings. The second kappa shape index (κ2) is 17.6. The molecular weight excluding hydrogens is 600 g/mol. The highest BCUT2D eigenvalue weighted by Crippen LogP contribution is 2.40. The molecule has 1 aromatic heterocycles. The van der Waals surface area contributed by atoms with Crippen molar-refractivity contribution < 1.29 is 14.6 Å². The lowest BCUT2D eigenvalue weighted by Crippen LogP contribution is -2.45. The van der Waals surface area contributed by atoms with E-state index in [1.54, 1.807) is 0 Å². The van der Waals surface area contributed by atoms with Crippen LogP contribution in [0.2, 0.25) is 0 Å². The second-order valence-electron chi connectivity index (χ2n) is 11.7. The standard InChI is InChI=1S/C32H51BrN4O3.H2S/c1-7-11-13-14-16-32(6,15-12-8-2)22-40-31-35-27-19-26(33)29(34-23(5)9-3)25(10-4)28(27)30(36-31)37-17-18-39-24(20-37)21-38;/h10,19,23-24,38H,7-9,11-18,20-22H2,1-6H3;1H2/b25-10-,34-29?;. The van der Waals surface area contributed by atoms with Gasteiger partial charge in [0.25, 0.3) is 0 Å². The first-order chi connectivity index (χ1) is 19.3. The van der Waals surface area contributed by atoms with E-state index in [4.69, 9.17) is 24.4 Å². The fraction of sp³-hybridized carbons (Fsp3) is 0.719. The van der Waals surface area contributed by atoms with Crippen LogP contribution in [0.5, 0.6) is 6.01 Å². The van der Waals surface area contributed by atoms with Crippen molar-refractivity contribution in [1.29, 1.82) is 0 Å². The van der Waals surface area contributed by atoms with Crippen LogP contribution in [-0.4, -0.2) is 65.8 Å². The van der Waals surface area contributed by atoms with Gasteiger partial charge in [-0.25, -0.2) is 0 Å².